The number of halogens is 5. The number of likely N-dealkylation sites (N-methyl/N-ethyl adjacent to an activating group) is 1. The number of hydrogen-bond donors (Lipinski definition) is 0. The van der Waals surface area contributed by atoms with Crippen LogP contribution in [0.4, 0.5) is 22.0 Å². The maximum atomic E-state index is 14.3. The first-order valence-electron chi connectivity index (χ1n) is 9.38. The van der Waals surface area contributed by atoms with Crippen LogP contribution in [0.3, 0.4) is 0 Å². The molecule has 0 atom stereocenters. The van der Waals surface area contributed by atoms with Crippen molar-refractivity contribution in [2.24, 2.45) is 0 Å². The number of hydrogen-bond acceptors (Lipinski definition) is 3. The molecule has 2 aromatic carbocycles. The summed E-state index contributed by atoms with van der Waals surface area (Å²) < 4.78 is 74.9. The molecule has 0 N–H and O–H groups in total. The molecule has 1 fully saturated rings. The predicted molar refractivity (Wildman–Crippen MR) is 99.2 cm³/mol. The number of nitrogens with zero attached hydrogens (tertiary/aromatic N) is 2. The van der Waals surface area contributed by atoms with Gasteiger partial charge in [0.2, 0.25) is 29.1 Å². The van der Waals surface area contributed by atoms with E-state index in [0.29, 0.717) is 31.5 Å². The Bertz CT molecular complexity index is 823. The summed E-state index contributed by atoms with van der Waals surface area (Å²) in [6, 6.07) is 8.75. The first-order valence-corrected chi connectivity index (χ1v) is 9.38. The maximum Gasteiger partial charge on any atom is 0.207 e. The van der Waals surface area contributed by atoms with E-state index in [0.717, 1.165) is 13.1 Å². The van der Waals surface area contributed by atoms with Gasteiger partial charge in [0, 0.05) is 39.0 Å². The summed E-state index contributed by atoms with van der Waals surface area (Å²) in [5.41, 5.74) is -0.551. The molecule has 0 saturated carbocycles. The van der Waals surface area contributed by atoms with Gasteiger partial charge in [-0.2, -0.15) is 8.78 Å². The molecule has 2 aromatic rings. The minimum atomic E-state index is -2.19. The Morgan fingerprint density at radius 3 is 1.90 bits per heavy atom. The lowest BCUT2D eigenvalue weighted by Gasteiger charge is -2.42. The number of likely N-dealkylation sites (tertiary alicyclic amines) is 1. The van der Waals surface area contributed by atoms with Crippen LogP contribution >= 0.6 is 0 Å². The van der Waals surface area contributed by atoms with E-state index in [1.165, 1.54) is 0 Å². The average Bonchev–Trinajstić information content (AvgIpc) is 2.74. The van der Waals surface area contributed by atoms with Crippen LogP contribution in [0.5, 0.6) is 5.75 Å². The smallest absolute Gasteiger partial charge is 0.207 e. The monoisotopic (exact) mass is 414 g/mol. The molecular formula is C21H23F5N2O. The molecule has 29 heavy (non-hydrogen) atoms. The van der Waals surface area contributed by atoms with Crippen LogP contribution in [-0.2, 0) is 5.60 Å². The summed E-state index contributed by atoms with van der Waals surface area (Å²) in [5.74, 6) is -11.3. The van der Waals surface area contributed by atoms with Crippen LogP contribution in [-0.4, -0.2) is 50.1 Å². The van der Waals surface area contributed by atoms with Gasteiger partial charge >= 0.3 is 0 Å². The Morgan fingerprint density at radius 1 is 0.862 bits per heavy atom. The molecule has 1 aliphatic rings. The fourth-order valence-electron chi connectivity index (χ4n) is 3.54. The van der Waals surface area contributed by atoms with Gasteiger partial charge in [0.25, 0.3) is 0 Å². The van der Waals surface area contributed by atoms with Crippen molar-refractivity contribution in [2.45, 2.75) is 18.4 Å². The van der Waals surface area contributed by atoms with Gasteiger partial charge in [0.05, 0.1) is 0 Å². The Balaban J connectivity index is 1.94. The van der Waals surface area contributed by atoms with E-state index in [1.54, 1.807) is 30.3 Å². The molecule has 0 radical (unpaired) electrons. The van der Waals surface area contributed by atoms with Crippen molar-refractivity contribution in [3.63, 3.8) is 0 Å². The van der Waals surface area contributed by atoms with Crippen LogP contribution in [0.1, 0.15) is 18.4 Å². The zero-order valence-electron chi connectivity index (χ0n) is 16.3. The van der Waals surface area contributed by atoms with E-state index in [4.69, 9.17) is 4.74 Å². The highest BCUT2D eigenvalue weighted by Crippen LogP contribution is 2.41. The molecule has 158 valence electrons. The van der Waals surface area contributed by atoms with Gasteiger partial charge in [-0.05, 0) is 19.7 Å². The lowest BCUT2D eigenvalue weighted by atomic mass is 9.84. The number of rotatable bonds is 6. The molecule has 3 nitrogen and oxygen atoms in total. The van der Waals surface area contributed by atoms with Crippen molar-refractivity contribution in [3.8, 4) is 5.75 Å². The highest BCUT2D eigenvalue weighted by molar-refractivity contribution is 5.33. The third kappa shape index (κ3) is 4.38. The highest BCUT2D eigenvalue weighted by Gasteiger charge is 2.41. The van der Waals surface area contributed by atoms with Gasteiger partial charge in [0.1, 0.15) is 5.60 Å². The molecule has 0 aromatic heterocycles. The number of ether oxygens (including phenoxy) is 1. The van der Waals surface area contributed by atoms with Gasteiger partial charge in [-0.15, -0.1) is 0 Å². The molecule has 1 heterocycles. The topological polar surface area (TPSA) is 15.7 Å². The third-order valence-corrected chi connectivity index (χ3v) is 5.29. The molecular weight excluding hydrogens is 391 g/mol. The molecule has 0 unspecified atom stereocenters. The fourth-order valence-corrected chi connectivity index (χ4v) is 3.54. The molecule has 1 aliphatic heterocycles. The van der Waals surface area contributed by atoms with Crippen molar-refractivity contribution in [3.05, 3.63) is 65.0 Å². The lowest BCUT2D eigenvalue weighted by Crippen LogP contribution is -2.47. The minimum Gasteiger partial charge on any atom is -0.476 e. The zero-order chi connectivity index (χ0) is 21.2. The molecule has 0 aliphatic carbocycles. The van der Waals surface area contributed by atoms with Crippen molar-refractivity contribution in [2.75, 3.05) is 40.3 Å². The highest BCUT2D eigenvalue weighted by atomic mass is 19.2. The van der Waals surface area contributed by atoms with E-state index < -0.39 is 40.4 Å². The molecule has 0 bridgehead atoms. The normalized spacial score (nSPS) is 17.0. The molecule has 8 heteroatoms. The van der Waals surface area contributed by atoms with E-state index in [1.807, 2.05) is 19.0 Å². The number of piperidine rings is 1. The van der Waals surface area contributed by atoms with Crippen LogP contribution in [0.2, 0.25) is 0 Å². The quantitative estimate of drug-likeness (QED) is 0.398. The second-order valence-corrected chi connectivity index (χ2v) is 7.51. The SMILES string of the molecule is CN(C)CCN1CCC(Oc2c(F)c(F)c(F)c(F)c2F)(c2ccccc2)CC1. The van der Waals surface area contributed by atoms with Crippen molar-refractivity contribution < 1.29 is 26.7 Å². The van der Waals surface area contributed by atoms with E-state index in [2.05, 4.69) is 4.90 Å². The molecule has 0 spiro atoms. The first-order chi connectivity index (χ1) is 13.7. The summed E-state index contributed by atoms with van der Waals surface area (Å²) in [4.78, 5) is 4.23. The first kappa shape index (κ1) is 21.5. The van der Waals surface area contributed by atoms with Gasteiger partial charge in [-0.1, -0.05) is 30.3 Å². The summed E-state index contributed by atoms with van der Waals surface area (Å²) in [6.07, 6.45) is 0.702. The molecule has 3 rings (SSSR count). The minimum absolute atomic E-state index is 0.351. The summed E-state index contributed by atoms with van der Waals surface area (Å²) in [5, 5.41) is 0. The van der Waals surface area contributed by atoms with E-state index >= 15 is 0 Å². The largest absolute Gasteiger partial charge is 0.476 e. The maximum absolute atomic E-state index is 14.3. The van der Waals surface area contributed by atoms with Crippen molar-refractivity contribution >= 4 is 0 Å². The molecule has 1 saturated heterocycles. The fraction of sp³-hybridized carbons (Fsp3) is 0.429. The van der Waals surface area contributed by atoms with Crippen LogP contribution in [0, 0.1) is 29.1 Å². The van der Waals surface area contributed by atoms with Gasteiger partial charge in [-0.25, -0.2) is 13.2 Å². The van der Waals surface area contributed by atoms with Gasteiger partial charge in [-0.3, -0.25) is 0 Å². The van der Waals surface area contributed by atoms with Crippen LogP contribution in [0.25, 0.3) is 0 Å². The van der Waals surface area contributed by atoms with E-state index in [-0.39, 0.29) is 0 Å². The van der Waals surface area contributed by atoms with Gasteiger partial charge < -0.3 is 14.5 Å². The van der Waals surface area contributed by atoms with Crippen molar-refractivity contribution in [1.82, 2.24) is 9.80 Å². The Morgan fingerprint density at radius 2 is 1.38 bits per heavy atom. The third-order valence-electron chi connectivity index (χ3n) is 5.29. The van der Waals surface area contributed by atoms with Crippen molar-refractivity contribution in [1.29, 1.82) is 0 Å². The summed E-state index contributed by atoms with van der Waals surface area (Å²) in [7, 11) is 3.93. The van der Waals surface area contributed by atoms with Gasteiger partial charge in [0.15, 0.2) is 5.75 Å². The average molecular weight is 414 g/mol. The second-order valence-electron chi connectivity index (χ2n) is 7.51. The Hall–Kier alpha value is -2.19. The summed E-state index contributed by atoms with van der Waals surface area (Å²) in [6.45, 7) is 2.79. The molecule has 0 amide bonds. The second kappa shape index (κ2) is 8.67. The lowest BCUT2D eigenvalue weighted by molar-refractivity contribution is -0.0108. The standard InChI is InChI=1S/C21H23F5N2O/c1-27(2)12-13-28-10-8-21(9-11-28,14-6-4-3-5-7-14)29-20-18(25)16(23)15(22)17(24)19(20)26/h3-7H,8-13H2,1-2H3. The number of benzene rings is 2. The predicted octanol–water partition coefficient (Wildman–Crippen LogP) is 4.31. The zero-order valence-corrected chi connectivity index (χ0v) is 16.3. The summed E-state index contributed by atoms with van der Waals surface area (Å²) >= 11 is 0. The van der Waals surface area contributed by atoms with Crippen LogP contribution in [0.15, 0.2) is 30.3 Å². The Labute approximate surface area is 166 Å². The van der Waals surface area contributed by atoms with Crippen LogP contribution < -0.4 is 4.74 Å². The van der Waals surface area contributed by atoms with E-state index in [9.17, 15) is 22.0 Å². The Kier molecular flexibility index (Phi) is 6.43.